The van der Waals surface area contributed by atoms with Gasteiger partial charge in [-0.05, 0) is 29.7 Å². The maximum atomic E-state index is 9.63. The number of benzene rings is 2. The van der Waals surface area contributed by atoms with Crippen molar-refractivity contribution < 1.29 is 5.11 Å². The Labute approximate surface area is 81.4 Å². The molecule has 2 aromatic rings. The molecule has 0 fully saturated rings. The lowest BCUT2D eigenvalue weighted by molar-refractivity contribution is 0.469. The van der Waals surface area contributed by atoms with E-state index in [0.29, 0.717) is 10.6 Å². The van der Waals surface area contributed by atoms with Crippen molar-refractivity contribution in [1.29, 1.82) is 0 Å². The van der Waals surface area contributed by atoms with Crippen LogP contribution in [0.4, 0.5) is 5.69 Å². The molecule has 0 aliphatic heterocycles. The first kappa shape index (κ1) is 8.26. The summed E-state index contributed by atoms with van der Waals surface area (Å²) in [5.74, 6) is 0.209. The fourth-order valence-corrected chi connectivity index (χ4v) is 1.52. The molecule has 2 aromatic carbocycles. The van der Waals surface area contributed by atoms with E-state index in [2.05, 4.69) is 12.6 Å². The van der Waals surface area contributed by atoms with Crippen LogP contribution in [-0.4, -0.2) is 5.11 Å². The summed E-state index contributed by atoms with van der Waals surface area (Å²) in [6.45, 7) is 0. The monoisotopic (exact) mass is 191 g/mol. The molecule has 0 amide bonds. The topological polar surface area (TPSA) is 46.2 Å². The molecule has 0 aromatic heterocycles. The van der Waals surface area contributed by atoms with Gasteiger partial charge in [0, 0.05) is 16.0 Å². The Bertz CT molecular complexity index is 468. The Balaban J connectivity index is 2.87. The van der Waals surface area contributed by atoms with Gasteiger partial charge in [0.15, 0.2) is 0 Å². The molecule has 2 nitrogen and oxygen atoms in total. The van der Waals surface area contributed by atoms with E-state index >= 15 is 0 Å². The van der Waals surface area contributed by atoms with Gasteiger partial charge in [0.2, 0.25) is 0 Å². The lowest BCUT2D eigenvalue weighted by Gasteiger charge is -2.03. The molecule has 0 aliphatic carbocycles. The molecule has 3 heteroatoms. The first-order valence-electron chi connectivity index (χ1n) is 3.88. The van der Waals surface area contributed by atoms with Gasteiger partial charge in [-0.2, -0.15) is 0 Å². The highest BCUT2D eigenvalue weighted by Gasteiger charge is 2.02. The summed E-state index contributed by atoms with van der Waals surface area (Å²) >= 11 is 4.12. The Hall–Kier alpha value is -1.35. The number of fused-ring (bicyclic) bond motifs is 1. The van der Waals surface area contributed by atoms with Gasteiger partial charge >= 0.3 is 0 Å². The number of phenolic OH excluding ortho intramolecular Hbond substituents is 1. The molecule has 0 heterocycles. The fourth-order valence-electron chi connectivity index (χ4n) is 1.32. The minimum atomic E-state index is 0.209. The van der Waals surface area contributed by atoms with Crippen molar-refractivity contribution in [2.75, 3.05) is 5.73 Å². The zero-order valence-corrected chi connectivity index (χ0v) is 7.75. The number of nitrogens with two attached hydrogens (primary N) is 1. The van der Waals surface area contributed by atoms with Gasteiger partial charge in [-0.25, -0.2) is 0 Å². The average Bonchev–Trinajstić information content (AvgIpc) is 2.12. The van der Waals surface area contributed by atoms with Crippen molar-refractivity contribution in [3.8, 4) is 5.75 Å². The summed E-state index contributed by atoms with van der Waals surface area (Å²) < 4.78 is 0. The van der Waals surface area contributed by atoms with Crippen molar-refractivity contribution in [3.63, 3.8) is 0 Å². The first-order chi connectivity index (χ1) is 6.18. The van der Waals surface area contributed by atoms with E-state index < -0.39 is 0 Å². The van der Waals surface area contributed by atoms with E-state index in [0.717, 1.165) is 10.8 Å². The van der Waals surface area contributed by atoms with Crippen molar-refractivity contribution in [2.24, 2.45) is 0 Å². The van der Waals surface area contributed by atoms with Crippen LogP contribution in [0.1, 0.15) is 0 Å². The van der Waals surface area contributed by atoms with Crippen molar-refractivity contribution in [3.05, 3.63) is 30.3 Å². The van der Waals surface area contributed by atoms with Crippen LogP contribution in [0, 0.1) is 0 Å². The van der Waals surface area contributed by atoms with Crippen LogP contribution in [0.15, 0.2) is 35.2 Å². The predicted molar refractivity (Wildman–Crippen MR) is 57.3 cm³/mol. The molecule has 0 atom stereocenters. The minimum absolute atomic E-state index is 0.209. The third kappa shape index (κ3) is 1.31. The second kappa shape index (κ2) is 2.85. The van der Waals surface area contributed by atoms with Crippen LogP contribution in [0.2, 0.25) is 0 Å². The van der Waals surface area contributed by atoms with Crippen LogP contribution < -0.4 is 5.73 Å². The quantitative estimate of drug-likeness (QED) is 0.442. The van der Waals surface area contributed by atoms with Crippen molar-refractivity contribution in [1.82, 2.24) is 0 Å². The third-order valence-electron chi connectivity index (χ3n) is 1.99. The Morgan fingerprint density at radius 2 is 1.92 bits per heavy atom. The number of anilines is 1. The highest BCUT2D eigenvalue weighted by Crippen LogP contribution is 2.31. The van der Waals surface area contributed by atoms with E-state index in [1.165, 1.54) is 0 Å². The molecular formula is C10H9NOS. The van der Waals surface area contributed by atoms with E-state index in [-0.39, 0.29) is 5.75 Å². The van der Waals surface area contributed by atoms with Crippen molar-refractivity contribution in [2.45, 2.75) is 4.90 Å². The Morgan fingerprint density at radius 1 is 1.15 bits per heavy atom. The fraction of sp³-hybridized carbons (Fsp3) is 0. The van der Waals surface area contributed by atoms with Crippen LogP contribution >= 0.6 is 12.6 Å². The molecule has 0 aliphatic rings. The molecule has 3 N–H and O–H groups in total. The number of thiol groups is 1. The van der Waals surface area contributed by atoms with E-state index in [9.17, 15) is 5.11 Å². The number of rotatable bonds is 0. The second-order valence-electron chi connectivity index (χ2n) is 2.91. The summed E-state index contributed by atoms with van der Waals surface area (Å²) in [5, 5.41) is 11.3. The first-order valence-corrected chi connectivity index (χ1v) is 4.33. The number of hydrogen-bond acceptors (Lipinski definition) is 3. The minimum Gasteiger partial charge on any atom is -0.506 e. The summed E-state index contributed by atoms with van der Waals surface area (Å²) in [6, 6.07) is 9.01. The van der Waals surface area contributed by atoms with Crippen LogP contribution in [0.5, 0.6) is 5.75 Å². The third-order valence-corrected chi connectivity index (χ3v) is 2.35. The molecule has 0 bridgehead atoms. The maximum Gasteiger partial charge on any atom is 0.136 e. The predicted octanol–water partition coefficient (Wildman–Crippen LogP) is 2.42. The van der Waals surface area contributed by atoms with E-state index in [1.54, 1.807) is 18.2 Å². The number of aromatic hydroxyl groups is 1. The zero-order chi connectivity index (χ0) is 9.42. The molecule has 13 heavy (non-hydrogen) atoms. The van der Waals surface area contributed by atoms with Gasteiger partial charge in [0.25, 0.3) is 0 Å². The summed E-state index contributed by atoms with van der Waals surface area (Å²) in [6.07, 6.45) is 0. The Morgan fingerprint density at radius 3 is 2.69 bits per heavy atom. The molecule has 0 unspecified atom stereocenters. The zero-order valence-electron chi connectivity index (χ0n) is 6.86. The number of hydrogen-bond donors (Lipinski definition) is 3. The average molecular weight is 191 g/mol. The van der Waals surface area contributed by atoms with Gasteiger partial charge in [0.1, 0.15) is 5.75 Å². The smallest absolute Gasteiger partial charge is 0.136 e. The molecular weight excluding hydrogens is 182 g/mol. The Kier molecular flexibility index (Phi) is 1.81. The van der Waals surface area contributed by atoms with Gasteiger partial charge in [-0.1, -0.05) is 6.07 Å². The number of nitrogen functional groups attached to an aromatic ring is 1. The van der Waals surface area contributed by atoms with Crippen LogP contribution in [-0.2, 0) is 0 Å². The van der Waals surface area contributed by atoms with Gasteiger partial charge < -0.3 is 10.8 Å². The molecule has 0 spiro atoms. The largest absolute Gasteiger partial charge is 0.506 e. The maximum absolute atomic E-state index is 9.63. The normalized spacial score (nSPS) is 10.5. The highest BCUT2D eigenvalue weighted by molar-refractivity contribution is 7.80. The second-order valence-corrected chi connectivity index (χ2v) is 3.40. The standard InChI is InChI=1S/C10H9NOS/c11-7-2-3-8-6(5-7)1-4-9(13)10(8)12/h1-5,12-13H,11H2. The van der Waals surface area contributed by atoms with E-state index in [4.69, 9.17) is 5.73 Å². The van der Waals surface area contributed by atoms with Crippen molar-refractivity contribution >= 4 is 29.1 Å². The molecule has 0 saturated carbocycles. The lowest BCUT2D eigenvalue weighted by atomic mass is 10.1. The van der Waals surface area contributed by atoms with Gasteiger partial charge in [-0.3, -0.25) is 0 Å². The van der Waals surface area contributed by atoms with Crippen LogP contribution in [0.3, 0.4) is 0 Å². The lowest BCUT2D eigenvalue weighted by Crippen LogP contribution is -1.84. The summed E-state index contributed by atoms with van der Waals surface area (Å²) in [4.78, 5) is 0.581. The SMILES string of the molecule is Nc1ccc2c(O)c(S)ccc2c1. The molecule has 2 rings (SSSR count). The molecule has 0 radical (unpaired) electrons. The highest BCUT2D eigenvalue weighted by atomic mass is 32.1. The van der Waals surface area contributed by atoms with Crippen LogP contribution in [0.25, 0.3) is 10.8 Å². The molecule has 66 valence electrons. The van der Waals surface area contributed by atoms with Gasteiger partial charge in [-0.15, -0.1) is 12.6 Å². The van der Waals surface area contributed by atoms with Gasteiger partial charge in [0.05, 0.1) is 0 Å². The summed E-state index contributed by atoms with van der Waals surface area (Å²) in [7, 11) is 0. The summed E-state index contributed by atoms with van der Waals surface area (Å²) in [5.41, 5.74) is 6.30. The molecule has 0 saturated heterocycles. The van der Waals surface area contributed by atoms with E-state index in [1.807, 2.05) is 12.1 Å². The number of phenols is 1.